The lowest BCUT2D eigenvalue weighted by Crippen LogP contribution is -1.97. The van der Waals surface area contributed by atoms with Crippen molar-refractivity contribution in [2.45, 2.75) is 0 Å². The molecule has 0 N–H and O–H groups in total. The van der Waals surface area contributed by atoms with Gasteiger partial charge in [-0.2, -0.15) is 0 Å². The summed E-state index contributed by atoms with van der Waals surface area (Å²) in [5, 5.41) is 5.32. The predicted molar refractivity (Wildman–Crippen MR) is 218 cm³/mol. The number of hydrogen-bond donors (Lipinski definition) is 0. The minimum Gasteiger partial charge on any atom is -0.135 e. The highest BCUT2D eigenvalue weighted by atomic mass is 32.1. The van der Waals surface area contributed by atoms with Gasteiger partial charge in [0.15, 0.2) is 0 Å². The average molecular weight is 669 g/mol. The van der Waals surface area contributed by atoms with Crippen molar-refractivity contribution in [3.05, 3.63) is 170 Å². The van der Waals surface area contributed by atoms with E-state index in [9.17, 15) is 0 Å². The summed E-state index contributed by atoms with van der Waals surface area (Å²) < 4.78 is 5.36. The topological polar surface area (TPSA) is 0 Å². The Morgan fingerprint density at radius 1 is 0.240 bits per heavy atom. The largest absolute Gasteiger partial charge is 0.135 e. The Kier molecular flexibility index (Phi) is 6.09. The van der Waals surface area contributed by atoms with Crippen molar-refractivity contribution in [3.8, 4) is 66.8 Å². The zero-order valence-electron chi connectivity index (χ0n) is 27.0. The average Bonchev–Trinajstić information content (AvgIpc) is 3.75. The molecule has 232 valence electrons. The Bertz CT molecular complexity index is 2980. The third-order valence-electron chi connectivity index (χ3n) is 10.5. The Hall–Kier alpha value is -5.80. The quantitative estimate of drug-likeness (QED) is 0.172. The van der Waals surface area contributed by atoms with E-state index in [4.69, 9.17) is 0 Å². The molecule has 0 bridgehead atoms. The van der Waals surface area contributed by atoms with Crippen molar-refractivity contribution < 1.29 is 0 Å². The summed E-state index contributed by atoms with van der Waals surface area (Å²) in [5.74, 6) is 0. The molecule has 2 heterocycles. The highest BCUT2D eigenvalue weighted by molar-refractivity contribution is 7.26. The van der Waals surface area contributed by atoms with Crippen LogP contribution in [0.1, 0.15) is 0 Å². The van der Waals surface area contributed by atoms with Crippen LogP contribution in [-0.2, 0) is 0 Å². The Balaban J connectivity index is 1.11. The monoisotopic (exact) mass is 668 g/mol. The van der Waals surface area contributed by atoms with Gasteiger partial charge in [0.2, 0.25) is 0 Å². The van der Waals surface area contributed by atoms with Crippen LogP contribution in [0, 0.1) is 0 Å². The molecule has 0 radical (unpaired) electrons. The summed E-state index contributed by atoms with van der Waals surface area (Å²) in [6.07, 6.45) is 0. The maximum Gasteiger partial charge on any atom is 0.0433 e. The Labute approximate surface area is 298 Å². The first-order valence-corrected chi connectivity index (χ1v) is 18.7. The zero-order chi connectivity index (χ0) is 32.8. The van der Waals surface area contributed by atoms with Gasteiger partial charge in [-0.1, -0.05) is 146 Å². The van der Waals surface area contributed by atoms with Crippen LogP contribution >= 0.6 is 22.7 Å². The summed E-state index contributed by atoms with van der Waals surface area (Å²) >= 11 is 3.80. The Morgan fingerprint density at radius 2 is 0.640 bits per heavy atom. The van der Waals surface area contributed by atoms with Crippen molar-refractivity contribution in [2.75, 3.05) is 0 Å². The third-order valence-corrected chi connectivity index (χ3v) is 12.9. The summed E-state index contributed by atoms with van der Waals surface area (Å²) in [6.45, 7) is 0. The summed E-state index contributed by atoms with van der Waals surface area (Å²) in [6, 6.07) is 63.2. The van der Waals surface area contributed by atoms with Crippen LogP contribution in [0.5, 0.6) is 0 Å². The molecule has 1 aliphatic carbocycles. The molecule has 0 nitrogen and oxygen atoms in total. The van der Waals surface area contributed by atoms with Gasteiger partial charge in [-0.15, -0.1) is 22.7 Å². The van der Waals surface area contributed by atoms with Gasteiger partial charge in [-0.05, 0) is 91.0 Å². The van der Waals surface area contributed by atoms with Crippen LogP contribution in [0.4, 0.5) is 0 Å². The number of thiophene rings is 2. The maximum atomic E-state index is 2.44. The molecule has 0 saturated carbocycles. The molecular formula is C48H28S2. The fourth-order valence-electron chi connectivity index (χ4n) is 8.20. The fraction of sp³-hybridized carbons (Fsp3) is 0. The van der Waals surface area contributed by atoms with E-state index in [0.29, 0.717) is 0 Å². The molecule has 0 amide bonds. The predicted octanol–water partition coefficient (Wildman–Crippen LogP) is 14.7. The molecule has 0 aliphatic heterocycles. The van der Waals surface area contributed by atoms with Gasteiger partial charge in [-0.25, -0.2) is 0 Å². The van der Waals surface area contributed by atoms with Crippen LogP contribution in [0.2, 0.25) is 0 Å². The van der Waals surface area contributed by atoms with Crippen molar-refractivity contribution in [1.82, 2.24) is 0 Å². The first kappa shape index (κ1) is 28.1. The Morgan fingerprint density at radius 3 is 1.24 bits per heavy atom. The summed E-state index contributed by atoms with van der Waals surface area (Å²) in [4.78, 5) is 0. The van der Waals surface area contributed by atoms with Gasteiger partial charge < -0.3 is 0 Å². The lowest BCUT2D eigenvalue weighted by molar-refractivity contribution is 1.52. The van der Waals surface area contributed by atoms with Crippen molar-refractivity contribution >= 4 is 63.0 Å². The third kappa shape index (κ3) is 4.10. The van der Waals surface area contributed by atoms with E-state index in [0.717, 1.165) is 0 Å². The molecule has 2 heteroatoms. The number of hydrogen-bond acceptors (Lipinski definition) is 2. The highest BCUT2D eigenvalue weighted by Gasteiger charge is 2.22. The van der Waals surface area contributed by atoms with E-state index in [-0.39, 0.29) is 0 Å². The molecule has 0 atom stereocenters. The van der Waals surface area contributed by atoms with E-state index >= 15 is 0 Å². The standard InChI is InChI=1S/C48H28S2/c1-2-12-34-33(11-1)35-13-3-4-15-37(35)39-25-23-29(27-43(39)38-16-6-5-14-36(34)38)31-19-10-21-42-44-28-30(24-26-46(44)50-48(31)42)32-18-9-20-41-40-17-7-8-22-45(40)49-47(32)41/h1-28H. The number of rotatable bonds is 2. The SMILES string of the molecule is c1ccc2c(c1)-c1ccccc1-c1ccc(-c3cccc4c3sc3ccc(-c5cccc6c5sc5ccccc56)cc34)cc1-c1ccccc1-2. The van der Waals surface area contributed by atoms with Gasteiger partial charge in [-0.3, -0.25) is 0 Å². The molecule has 10 aromatic rings. The van der Waals surface area contributed by atoms with Gasteiger partial charge in [0.25, 0.3) is 0 Å². The van der Waals surface area contributed by atoms with Gasteiger partial charge >= 0.3 is 0 Å². The summed E-state index contributed by atoms with van der Waals surface area (Å²) in [7, 11) is 0. The molecule has 0 saturated heterocycles. The van der Waals surface area contributed by atoms with Crippen molar-refractivity contribution in [2.24, 2.45) is 0 Å². The molecular weight excluding hydrogens is 641 g/mol. The minimum atomic E-state index is 1.25. The van der Waals surface area contributed by atoms with Crippen LogP contribution in [0.3, 0.4) is 0 Å². The molecule has 11 rings (SSSR count). The van der Waals surface area contributed by atoms with Crippen LogP contribution < -0.4 is 0 Å². The number of fused-ring (bicyclic) bond motifs is 14. The van der Waals surface area contributed by atoms with Crippen LogP contribution in [0.15, 0.2) is 170 Å². The second-order valence-electron chi connectivity index (χ2n) is 13.2. The van der Waals surface area contributed by atoms with E-state index < -0.39 is 0 Å². The van der Waals surface area contributed by atoms with Crippen molar-refractivity contribution in [3.63, 3.8) is 0 Å². The van der Waals surface area contributed by atoms with Gasteiger partial charge in [0.1, 0.15) is 0 Å². The second-order valence-corrected chi connectivity index (χ2v) is 15.3. The zero-order valence-corrected chi connectivity index (χ0v) is 28.6. The molecule has 2 aromatic heterocycles. The molecule has 0 spiro atoms. The maximum absolute atomic E-state index is 2.44. The van der Waals surface area contributed by atoms with Crippen LogP contribution in [0.25, 0.3) is 107 Å². The van der Waals surface area contributed by atoms with Crippen molar-refractivity contribution in [1.29, 1.82) is 0 Å². The molecule has 0 fully saturated rings. The summed E-state index contributed by atoms with van der Waals surface area (Å²) in [5.41, 5.74) is 15.3. The highest BCUT2D eigenvalue weighted by Crippen LogP contribution is 2.50. The molecule has 1 aliphatic rings. The lowest BCUT2D eigenvalue weighted by atomic mass is 9.80. The second kappa shape index (κ2) is 10.9. The normalized spacial score (nSPS) is 12.0. The van der Waals surface area contributed by atoms with E-state index in [1.807, 2.05) is 22.7 Å². The van der Waals surface area contributed by atoms with Crippen LogP contribution in [-0.4, -0.2) is 0 Å². The lowest BCUT2D eigenvalue weighted by Gasteiger charge is -2.23. The van der Waals surface area contributed by atoms with E-state index in [1.54, 1.807) is 0 Å². The van der Waals surface area contributed by atoms with E-state index in [1.165, 1.54) is 107 Å². The fourth-order valence-corrected chi connectivity index (χ4v) is 10.7. The molecule has 0 unspecified atom stereocenters. The first-order valence-electron chi connectivity index (χ1n) is 17.1. The van der Waals surface area contributed by atoms with Gasteiger partial charge in [0, 0.05) is 40.3 Å². The molecule has 50 heavy (non-hydrogen) atoms. The first-order chi connectivity index (χ1) is 24.8. The minimum absolute atomic E-state index is 1.25. The molecule has 8 aromatic carbocycles. The number of benzene rings is 8. The van der Waals surface area contributed by atoms with Gasteiger partial charge in [0.05, 0.1) is 0 Å². The smallest absolute Gasteiger partial charge is 0.0433 e. The van der Waals surface area contributed by atoms with E-state index in [2.05, 4.69) is 170 Å².